The topological polar surface area (TPSA) is 58.1 Å². The molecular formula is C25H29ClN4O. The fourth-order valence-corrected chi connectivity index (χ4v) is 4.61. The molecule has 1 aromatic carbocycles. The van der Waals surface area contributed by atoms with E-state index in [0.29, 0.717) is 18.2 Å². The number of carbonyl (C=O) groups excluding carboxylic acids is 1. The summed E-state index contributed by atoms with van der Waals surface area (Å²) < 4.78 is 0. The highest BCUT2D eigenvalue weighted by Gasteiger charge is 2.22. The van der Waals surface area contributed by atoms with Gasteiger partial charge in [-0.1, -0.05) is 48.6 Å². The van der Waals surface area contributed by atoms with Crippen LogP contribution >= 0.6 is 11.6 Å². The van der Waals surface area contributed by atoms with E-state index in [1.54, 1.807) is 12.4 Å². The SMILES string of the molecule is Cc1cc(C)c2nc(Cl)c(CN(Cc3cccnc3)C(=O)NC3CCCCC3)cc2c1. The highest BCUT2D eigenvalue weighted by Crippen LogP contribution is 2.26. The zero-order valence-electron chi connectivity index (χ0n) is 18.2. The van der Waals surface area contributed by atoms with Crippen LogP contribution in [0.3, 0.4) is 0 Å². The van der Waals surface area contributed by atoms with Crippen molar-refractivity contribution in [2.45, 2.75) is 65.1 Å². The molecule has 1 fully saturated rings. The Kier molecular flexibility index (Phi) is 6.71. The van der Waals surface area contributed by atoms with Crippen molar-refractivity contribution in [3.63, 3.8) is 0 Å². The van der Waals surface area contributed by atoms with Crippen LogP contribution in [0.5, 0.6) is 0 Å². The minimum atomic E-state index is -0.0626. The predicted molar refractivity (Wildman–Crippen MR) is 125 cm³/mol. The van der Waals surface area contributed by atoms with Crippen LogP contribution < -0.4 is 5.32 Å². The molecule has 1 aliphatic carbocycles. The molecule has 4 rings (SSSR count). The third kappa shape index (κ3) is 5.34. The van der Waals surface area contributed by atoms with Gasteiger partial charge in [-0.25, -0.2) is 9.78 Å². The van der Waals surface area contributed by atoms with Crippen molar-refractivity contribution in [1.82, 2.24) is 20.2 Å². The number of nitrogens with zero attached hydrogens (tertiary/aromatic N) is 3. The molecule has 0 aliphatic heterocycles. The van der Waals surface area contributed by atoms with E-state index < -0.39 is 0 Å². The fraction of sp³-hybridized carbons (Fsp3) is 0.400. The van der Waals surface area contributed by atoms with Crippen molar-refractivity contribution in [3.8, 4) is 0 Å². The zero-order valence-corrected chi connectivity index (χ0v) is 19.0. The molecule has 0 saturated heterocycles. The van der Waals surface area contributed by atoms with E-state index in [4.69, 9.17) is 11.6 Å². The minimum absolute atomic E-state index is 0.0626. The number of hydrogen-bond acceptors (Lipinski definition) is 3. The molecule has 0 atom stereocenters. The number of halogens is 1. The number of aromatic nitrogens is 2. The predicted octanol–water partition coefficient (Wildman–Crippen LogP) is 5.94. The number of urea groups is 1. The molecule has 0 spiro atoms. The van der Waals surface area contributed by atoms with E-state index in [-0.39, 0.29) is 12.1 Å². The highest BCUT2D eigenvalue weighted by atomic mass is 35.5. The average molecular weight is 437 g/mol. The highest BCUT2D eigenvalue weighted by molar-refractivity contribution is 6.30. The van der Waals surface area contributed by atoms with Crippen LogP contribution in [0.15, 0.2) is 42.7 Å². The van der Waals surface area contributed by atoms with Crippen molar-refractivity contribution in [3.05, 3.63) is 70.1 Å². The maximum Gasteiger partial charge on any atom is 0.318 e. The number of nitrogens with one attached hydrogen (secondary N) is 1. The Labute approximate surface area is 188 Å². The lowest BCUT2D eigenvalue weighted by molar-refractivity contribution is 0.184. The lowest BCUT2D eigenvalue weighted by atomic mass is 9.96. The smallest absolute Gasteiger partial charge is 0.318 e. The van der Waals surface area contributed by atoms with E-state index in [2.05, 4.69) is 40.4 Å². The summed E-state index contributed by atoms with van der Waals surface area (Å²) in [5.74, 6) is 0. The molecule has 6 heteroatoms. The molecule has 3 aromatic rings. The first kappa shape index (κ1) is 21.6. The van der Waals surface area contributed by atoms with Crippen LogP contribution in [0.2, 0.25) is 5.15 Å². The summed E-state index contributed by atoms with van der Waals surface area (Å²) >= 11 is 6.58. The van der Waals surface area contributed by atoms with E-state index in [0.717, 1.165) is 40.4 Å². The lowest BCUT2D eigenvalue weighted by Crippen LogP contribution is -2.44. The Balaban J connectivity index is 1.61. The second kappa shape index (κ2) is 9.65. The number of pyridine rings is 2. The van der Waals surface area contributed by atoms with Gasteiger partial charge < -0.3 is 10.2 Å². The molecular weight excluding hydrogens is 408 g/mol. The van der Waals surface area contributed by atoms with Gasteiger partial charge in [-0.05, 0) is 56.0 Å². The normalized spacial score (nSPS) is 14.5. The first-order valence-electron chi connectivity index (χ1n) is 11.0. The number of aryl methyl sites for hydroxylation is 2. The summed E-state index contributed by atoms with van der Waals surface area (Å²) in [6, 6.07) is 10.3. The van der Waals surface area contributed by atoms with E-state index >= 15 is 0 Å². The van der Waals surface area contributed by atoms with Gasteiger partial charge in [-0.2, -0.15) is 0 Å². The number of carbonyl (C=O) groups is 1. The van der Waals surface area contributed by atoms with Crippen LogP contribution in [0.1, 0.15) is 54.4 Å². The van der Waals surface area contributed by atoms with Crippen molar-refractivity contribution in [2.75, 3.05) is 0 Å². The van der Waals surface area contributed by atoms with Gasteiger partial charge >= 0.3 is 6.03 Å². The summed E-state index contributed by atoms with van der Waals surface area (Å²) in [6.07, 6.45) is 9.23. The van der Waals surface area contributed by atoms with Crippen LogP contribution in [0.25, 0.3) is 10.9 Å². The molecule has 2 aromatic heterocycles. The summed E-state index contributed by atoms with van der Waals surface area (Å²) in [5, 5.41) is 4.73. The molecule has 0 bridgehead atoms. The Morgan fingerprint density at radius 2 is 1.97 bits per heavy atom. The molecule has 5 nitrogen and oxygen atoms in total. The first-order valence-corrected chi connectivity index (χ1v) is 11.4. The zero-order chi connectivity index (χ0) is 21.8. The molecule has 1 N–H and O–H groups in total. The Hall–Kier alpha value is -2.66. The summed E-state index contributed by atoms with van der Waals surface area (Å²) in [4.78, 5) is 23.9. The maximum atomic E-state index is 13.2. The summed E-state index contributed by atoms with van der Waals surface area (Å²) in [6.45, 7) is 4.98. The van der Waals surface area contributed by atoms with Gasteiger partial charge in [0.25, 0.3) is 0 Å². The van der Waals surface area contributed by atoms with E-state index in [1.165, 1.54) is 24.8 Å². The number of rotatable bonds is 5. The van der Waals surface area contributed by atoms with Gasteiger partial charge in [0.2, 0.25) is 0 Å². The monoisotopic (exact) mass is 436 g/mol. The van der Waals surface area contributed by atoms with Gasteiger partial charge in [0.05, 0.1) is 12.1 Å². The summed E-state index contributed by atoms with van der Waals surface area (Å²) in [5.41, 5.74) is 5.03. The third-order valence-corrected chi connectivity index (χ3v) is 6.28. The Morgan fingerprint density at radius 1 is 1.16 bits per heavy atom. The first-order chi connectivity index (χ1) is 15.0. The van der Waals surface area contributed by atoms with E-state index in [9.17, 15) is 4.79 Å². The van der Waals surface area contributed by atoms with E-state index in [1.807, 2.05) is 24.0 Å². The average Bonchev–Trinajstić information content (AvgIpc) is 2.76. The van der Waals surface area contributed by atoms with Crippen LogP contribution in [-0.2, 0) is 13.1 Å². The number of benzene rings is 1. The molecule has 2 amide bonds. The second-order valence-electron chi connectivity index (χ2n) is 8.59. The molecule has 1 aliphatic rings. The molecule has 2 heterocycles. The van der Waals surface area contributed by atoms with Crippen molar-refractivity contribution in [1.29, 1.82) is 0 Å². The van der Waals surface area contributed by atoms with Crippen molar-refractivity contribution >= 4 is 28.5 Å². The number of fused-ring (bicyclic) bond motifs is 1. The maximum absolute atomic E-state index is 13.2. The molecule has 1 saturated carbocycles. The minimum Gasteiger partial charge on any atom is -0.335 e. The van der Waals surface area contributed by atoms with Crippen LogP contribution in [0, 0.1) is 13.8 Å². The third-order valence-electron chi connectivity index (χ3n) is 5.96. The van der Waals surface area contributed by atoms with Gasteiger partial charge in [-0.15, -0.1) is 0 Å². The van der Waals surface area contributed by atoms with Crippen LogP contribution in [0.4, 0.5) is 4.79 Å². The van der Waals surface area contributed by atoms with Crippen LogP contribution in [-0.4, -0.2) is 26.9 Å². The quantitative estimate of drug-likeness (QED) is 0.503. The fourth-order valence-electron chi connectivity index (χ4n) is 4.41. The van der Waals surface area contributed by atoms with Gasteiger partial charge in [0.1, 0.15) is 5.15 Å². The second-order valence-corrected chi connectivity index (χ2v) is 8.95. The van der Waals surface area contributed by atoms with Gasteiger partial charge in [0.15, 0.2) is 0 Å². The van der Waals surface area contributed by atoms with Crippen molar-refractivity contribution < 1.29 is 4.79 Å². The molecule has 31 heavy (non-hydrogen) atoms. The standard InChI is InChI=1S/C25H29ClN4O/c1-17-11-18(2)23-20(12-17)13-21(24(26)29-23)16-30(15-19-7-6-10-27-14-19)25(31)28-22-8-4-3-5-9-22/h6-7,10-14,22H,3-5,8-9,15-16H2,1-2H3,(H,28,31). The van der Waals surface area contributed by atoms with Crippen molar-refractivity contribution in [2.24, 2.45) is 0 Å². The lowest BCUT2D eigenvalue weighted by Gasteiger charge is -2.29. The van der Waals surface area contributed by atoms with Gasteiger partial charge in [0, 0.05) is 35.9 Å². The molecule has 0 radical (unpaired) electrons. The summed E-state index contributed by atoms with van der Waals surface area (Å²) in [7, 11) is 0. The molecule has 0 unspecified atom stereocenters. The molecule has 162 valence electrons. The number of amides is 2. The van der Waals surface area contributed by atoms with Gasteiger partial charge in [-0.3, -0.25) is 4.98 Å². The number of hydrogen-bond donors (Lipinski definition) is 1. The Bertz CT molecular complexity index is 1060. The Morgan fingerprint density at radius 3 is 2.71 bits per heavy atom. The largest absolute Gasteiger partial charge is 0.335 e.